The average molecular weight is 488 g/mol. The van der Waals surface area contributed by atoms with Crippen LogP contribution in [0.1, 0.15) is 40.1 Å². The van der Waals surface area contributed by atoms with Gasteiger partial charge in [-0.1, -0.05) is 60.7 Å². The molecule has 0 spiro atoms. The van der Waals surface area contributed by atoms with E-state index in [2.05, 4.69) is 16.0 Å². The van der Waals surface area contributed by atoms with Gasteiger partial charge in [-0.3, -0.25) is 14.4 Å². The summed E-state index contributed by atoms with van der Waals surface area (Å²) >= 11 is 0. The second-order valence-corrected chi connectivity index (χ2v) is 8.41. The molecular formula is C28H29N3O5. The molecular weight excluding hydrogens is 458 g/mol. The molecule has 0 aliphatic carbocycles. The number of nitrogens with one attached hydrogen (secondary N) is 3. The Hall–Kier alpha value is -4.46. The van der Waals surface area contributed by atoms with Crippen LogP contribution in [0.15, 0.2) is 84.9 Å². The molecule has 0 unspecified atom stereocenters. The van der Waals surface area contributed by atoms with E-state index in [0.717, 1.165) is 5.56 Å². The molecule has 0 heterocycles. The third-order valence-corrected chi connectivity index (χ3v) is 5.12. The molecule has 0 aliphatic rings. The van der Waals surface area contributed by atoms with Crippen molar-refractivity contribution in [1.82, 2.24) is 10.6 Å². The quantitative estimate of drug-likeness (QED) is 0.380. The molecule has 8 heteroatoms. The van der Waals surface area contributed by atoms with Gasteiger partial charge in [0.2, 0.25) is 0 Å². The molecule has 1 atom stereocenters. The Balaban J connectivity index is 1.65. The fourth-order valence-electron chi connectivity index (χ4n) is 3.43. The van der Waals surface area contributed by atoms with Crippen LogP contribution in [0.25, 0.3) is 0 Å². The molecule has 0 aliphatic heterocycles. The summed E-state index contributed by atoms with van der Waals surface area (Å²) in [4.78, 5) is 50.5. The lowest BCUT2D eigenvalue weighted by Crippen LogP contribution is -2.44. The van der Waals surface area contributed by atoms with Crippen molar-refractivity contribution < 1.29 is 23.9 Å². The molecule has 186 valence electrons. The number of hydrogen-bond donors (Lipinski definition) is 3. The summed E-state index contributed by atoms with van der Waals surface area (Å²) in [6.07, 6.45) is 0.193. The standard InChI is InChI=1S/C28H29N3O5/c1-19(2)29-27(34)22-15-9-10-16-23(22)30-25(32)18-36-28(35)24(17-20-11-5-3-6-12-20)31-26(33)21-13-7-4-8-14-21/h3-16,19,24H,17-18H2,1-2H3,(H,29,34)(H,30,32)(H,31,33)/t24-/m1/s1. The molecule has 36 heavy (non-hydrogen) atoms. The number of carbonyl (C=O) groups is 4. The van der Waals surface area contributed by atoms with E-state index in [-0.39, 0.29) is 18.4 Å². The minimum Gasteiger partial charge on any atom is -0.454 e. The van der Waals surface area contributed by atoms with Crippen molar-refractivity contribution >= 4 is 29.4 Å². The Labute approximate surface area is 210 Å². The third-order valence-electron chi connectivity index (χ3n) is 5.12. The molecule has 8 nitrogen and oxygen atoms in total. The van der Waals surface area contributed by atoms with Crippen molar-refractivity contribution in [2.24, 2.45) is 0 Å². The molecule has 0 saturated carbocycles. The second-order valence-electron chi connectivity index (χ2n) is 8.41. The summed E-state index contributed by atoms with van der Waals surface area (Å²) in [5.74, 6) is -2.11. The summed E-state index contributed by atoms with van der Waals surface area (Å²) < 4.78 is 5.25. The van der Waals surface area contributed by atoms with Crippen molar-refractivity contribution in [2.45, 2.75) is 32.4 Å². The van der Waals surface area contributed by atoms with E-state index in [4.69, 9.17) is 4.74 Å². The maximum Gasteiger partial charge on any atom is 0.329 e. The highest BCUT2D eigenvalue weighted by Crippen LogP contribution is 2.15. The number of hydrogen-bond acceptors (Lipinski definition) is 5. The Kier molecular flexibility index (Phi) is 9.33. The average Bonchev–Trinajstić information content (AvgIpc) is 2.88. The van der Waals surface area contributed by atoms with Gasteiger partial charge in [0.25, 0.3) is 17.7 Å². The summed E-state index contributed by atoms with van der Waals surface area (Å²) in [7, 11) is 0. The van der Waals surface area contributed by atoms with Gasteiger partial charge in [0.15, 0.2) is 6.61 Å². The van der Waals surface area contributed by atoms with Crippen molar-refractivity contribution in [3.63, 3.8) is 0 Å². The fraction of sp³-hybridized carbons (Fsp3) is 0.214. The van der Waals surface area contributed by atoms with Crippen molar-refractivity contribution in [3.05, 3.63) is 102 Å². The zero-order valence-corrected chi connectivity index (χ0v) is 20.2. The second kappa shape index (κ2) is 12.9. The van der Waals surface area contributed by atoms with Crippen LogP contribution < -0.4 is 16.0 Å². The van der Waals surface area contributed by atoms with Crippen LogP contribution >= 0.6 is 0 Å². The molecule has 3 aromatic carbocycles. The Bertz CT molecular complexity index is 1200. The van der Waals surface area contributed by atoms with Crippen LogP contribution in [0, 0.1) is 0 Å². The van der Waals surface area contributed by atoms with E-state index < -0.39 is 30.4 Å². The molecule has 3 aromatic rings. The van der Waals surface area contributed by atoms with E-state index in [9.17, 15) is 19.2 Å². The Morgan fingerprint density at radius 3 is 2.03 bits per heavy atom. The van der Waals surface area contributed by atoms with Crippen LogP contribution in [-0.2, 0) is 20.7 Å². The summed E-state index contributed by atoms with van der Waals surface area (Å²) in [5.41, 5.74) is 1.82. The lowest BCUT2D eigenvalue weighted by molar-refractivity contribution is -0.149. The SMILES string of the molecule is CC(C)NC(=O)c1ccccc1NC(=O)COC(=O)[C@@H](Cc1ccccc1)NC(=O)c1ccccc1. The van der Waals surface area contributed by atoms with Crippen molar-refractivity contribution in [3.8, 4) is 0 Å². The minimum atomic E-state index is -1.00. The molecule has 0 fully saturated rings. The summed E-state index contributed by atoms with van der Waals surface area (Å²) in [6, 6.07) is 23.2. The van der Waals surface area contributed by atoms with E-state index in [0.29, 0.717) is 16.8 Å². The van der Waals surface area contributed by atoms with Crippen LogP contribution in [0.3, 0.4) is 0 Å². The third kappa shape index (κ3) is 7.80. The van der Waals surface area contributed by atoms with Gasteiger partial charge in [-0.25, -0.2) is 4.79 Å². The van der Waals surface area contributed by atoms with Crippen LogP contribution in [0.5, 0.6) is 0 Å². The van der Waals surface area contributed by atoms with Crippen molar-refractivity contribution in [2.75, 3.05) is 11.9 Å². The monoisotopic (exact) mass is 487 g/mol. The molecule has 0 bridgehead atoms. The van der Waals surface area contributed by atoms with Gasteiger partial charge in [0.1, 0.15) is 6.04 Å². The van der Waals surface area contributed by atoms with Gasteiger partial charge in [0, 0.05) is 18.0 Å². The fourth-order valence-corrected chi connectivity index (χ4v) is 3.43. The van der Waals surface area contributed by atoms with Gasteiger partial charge in [-0.05, 0) is 43.7 Å². The number of esters is 1. The number of rotatable bonds is 10. The molecule has 0 aromatic heterocycles. The number of para-hydroxylation sites is 1. The highest BCUT2D eigenvalue weighted by Gasteiger charge is 2.24. The summed E-state index contributed by atoms with van der Waals surface area (Å²) in [5, 5.41) is 8.09. The topological polar surface area (TPSA) is 114 Å². The first-order valence-corrected chi connectivity index (χ1v) is 11.6. The summed E-state index contributed by atoms with van der Waals surface area (Å²) in [6.45, 7) is 3.09. The lowest BCUT2D eigenvalue weighted by atomic mass is 10.1. The highest BCUT2D eigenvalue weighted by atomic mass is 16.5. The molecule has 0 saturated heterocycles. The molecule has 3 rings (SSSR count). The van der Waals surface area contributed by atoms with E-state index in [1.165, 1.54) is 0 Å². The lowest BCUT2D eigenvalue weighted by Gasteiger charge is -2.18. The molecule has 0 radical (unpaired) electrons. The first-order chi connectivity index (χ1) is 17.3. The largest absolute Gasteiger partial charge is 0.454 e. The minimum absolute atomic E-state index is 0.0742. The van der Waals surface area contributed by atoms with Gasteiger partial charge in [0.05, 0.1) is 11.3 Å². The maximum absolute atomic E-state index is 12.9. The molecule has 3 N–H and O–H groups in total. The number of ether oxygens (including phenoxy) is 1. The van der Waals surface area contributed by atoms with Crippen LogP contribution in [0.4, 0.5) is 5.69 Å². The van der Waals surface area contributed by atoms with Gasteiger partial charge < -0.3 is 20.7 Å². The maximum atomic E-state index is 12.9. The van der Waals surface area contributed by atoms with Crippen LogP contribution in [-0.4, -0.2) is 42.4 Å². The van der Waals surface area contributed by atoms with Crippen LogP contribution in [0.2, 0.25) is 0 Å². The predicted octanol–water partition coefficient (Wildman–Crippen LogP) is 3.35. The first-order valence-electron chi connectivity index (χ1n) is 11.6. The Morgan fingerprint density at radius 2 is 1.36 bits per heavy atom. The van der Waals surface area contributed by atoms with E-state index in [1.54, 1.807) is 54.6 Å². The van der Waals surface area contributed by atoms with Gasteiger partial charge >= 0.3 is 5.97 Å². The normalized spacial score (nSPS) is 11.3. The number of anilines is 1. The number of carbonyl (C=O) groups excluding carboxylic acids is 4. The zero-order valence-electron chi connectivity index (χ0n) is 20.2. The number of amides is 3. The smallest absolute Gasteiger partial charge is 0.329 e. The predicted molar refractivity (Wildman–Crippen MR) is 136 cm³/mol. The Morgan fingerprint density at radius 1 is 0.750 bits per heavy atom. The highest BCUT2D eigenvalue weighted by molar-refractivity contribution is 6.04. The van der Waals surface area contributed by atoms with Crippen molar-refractivity contribution in [1.29, 1.82) is 0 Å². The van der Waals surface area contributed by atoms with Gasteiger partial charge in [-0.15, -0.1) is 0 Å². The molecule has 3 amide bonds. The van der Waals surface area contributed by atoms with E-state index in [1.807, 2.05) is 44.2 Å². The van der Waals surface area contributed by atoms with E-state index >= 15 is 0 Å². The first kappa shape index (κ1) is 26.2. The van der Waals surface area contributed by atoms with Gasteiger partial charge in [-0.2, -0.15) is 0 Å². The zero-order chi connectivity index (χ0) is 25.9. The number of benzene rings is 3.